The van der Waals surface area contributed by atoms with Gasteiger partial charge < -0.3 is 14.8 Å². The molecule has 1 fully saturated rings. The van der Waals surface area contributed by atoms with E-state index in [1.54, 1.807) is 30.3 Å². The van der Waals surface area contributed by atoms with Crippen LogP contribution in [-0.2, 0) is 6.54 Å². The summed E-state index contributed by atoms with van der Waals surface area (Å²) >= 11 is 0. The normalized spacial score (nSPS) is 13.5. The Morgan fingerprint density at radius 2 is 1.97 bits per heavy atom. The number of nitro benzene ring substituents is 1. The first-order valence-corrected chi connectivity index (χ1v) is 10.3. The summed E-state index contributed by atoms with van der Waals surface area (Å²) in [7, 11) is 0. The minimum atomic E-state index is -0.497. The van der Waals surface area contributed by atoms with Gasteiger partial charge in [-0.25, -0.2) is 4.98 Å². The number of nitrogens with zero attached hydrogens (tertiary/aromatic N) is 4. The summed E-state index contributed by atoms with van der Waals surface area (Å²) in [6, 6.07) is 11.4. The highest BCUT2D eigenvalue weighted by Crippen LogP contribution is 2.29. The van der Waals surface area contributed by atoms with Crippen molar-refractivity contribution in [1.29, 1.82) is 0 Å². The van der Waals surface area contributed by atoms with Crippen molar-refractivity contribution in [1.82, 2.24) is 14.9 Å². The van der Waals surface area contributed by atoms with Crippen LogP contribution in [0.3, 0.4) is 0 Å². The minimum absolute atomic E-state index is 0.0948. The number of benzene rings is 2. The van der Waals surface area contributed by atoms with Crippen molar-refractivity contribution in [2.24, 2.45) is 0 Å². The zero-order chi connectivity index (χ0) is 22.0. The number of para-hydroxylation sites is 1. The second-order valence-corrected chi connectivity index (χ2v) is 7.50. The average molecular weight is 421 g/mol. The Balaban J connectivity index is 1.69. The molecule has 1 N–H and O–H groups in total. The number of hydrogen-bond acceptors (Lipinski definition) is 6. The molecule has 0 saturated carbocycles. The van der Waals surface area contributed by atoms with Crippen molar-refractivity contribution in [3.05, 3.63) is 74.3 Å². The molecule has 4 rings (SSSR count). The molecule has 0 spiro atoms. The molecule has 1 saturated heterocycles. The highest BCUT2D eigenvalue weighted by molar-refractivity contribution is 6.00. The second kappa shape index (κ2) is 8.55. The van der Waals surface area contributed by atoms with Gasteiger partial charge in [-0.1, -0.05) is 12.1 Å². The molecule has 0 atom stereocenters. The molecule has 9 nitrogen and oxygen atoms in total. The fourth-order valence-corrected chi connectivity index (χ4v) is 3.93. The molecule has 2 heterocycles. The van der Waals surface area contributed by atoms with E-state index < -0.39 is 4.92 Å². The number of aromatic nitrogens is 2. The van der Waals surface area contributed by atoms with Gasteiger partial charge >= 0.3 is 0 Å². The van der Waals surface area contributed by atoms with Crippen molar-refractivity contribution >= 4 is 28.2 Å². The van der Waals surface area contributed by atoms with Crippen LogP contribution in [0.4, 0.5) is 11.4 Å². The summed E-state index contributed by atoms with van der Waals surface area (Å²) in [5, 5.41) is 11.8. The predicted molar refractivity (Wildman–Crippen MR) is 117 cm³/mol. The number of nitrogens with one attached hydrogen (secondary N) is 1. The Morgan fingerprint density at radius 3 is 2.68 bits per heavy atom. The average Bonchev–Trinajstić information content (AvgIpc) is 3.31. The molecular formula is C22H23N5O4. The van der Waals surface area contributed by atoms with Crippen molar-refractivity contribution in [2.45, 2.75) is 26.3 Å². The Bertz CT molecular complexity index is 1200. The smallest absolute Gasteiger partial charge is 0.270 e. The van der Waals surface area contributed by atoms with Gasteiger partial charge in [0.05, 0.1) is 33.6 Å². The fraction of sp³-hybridized carbons (Fsp3) is 0.318. The van der Waals surface area contributed by atoms with E-state index in [9.17, 15) is 19.7 Å². The Morgan fingerprint density at radius 1 is 1.23 bits per heavy atom. The van der Waals surface area contributed by atoms with Gasteiger partial charge in [0, 0.05) is 31.8 Å². The monoisotopic (exact) mass is 421 g/mol. The summed E-state index contributed by atoms with van der Waals surface area (Å²) in [5.41, 5.74) is 1.15. The third-order valence-electron chi connectivity index (χ3n) is 5.54. The maximum atomic E-state index is 13.4. The lowest BCUT2D eigenvalue weighted by molar-refractivity contribution is -0.384. The van der Waals surface area contributed by atoms with Gasteiger partial charge in [0.25, 0.3) is 17.2 Å². The quantitative estimate of drug-likeness (QED) is 0.483. The first-order chi connectivity index (χ1) is 15.0. The summed E-state index contributed by atoms with van der Waals surface area (Å²) in [6.45, 7) is 3.90. The van der Waals surface area contributed by atoms with E-state index in [1.807, 2.05) is 6.92 Å². The van der Waals surface area contributed by atoms with Crippen LogP contribution in [0.25, 0.3) is 10.9 Å². The van der Waals surface area contributed by atoms with Crippen LogP contribution in [0.2, 0.25) is 0 Å². The second-order valence-electron chi connectivity index (χ2n) is 7.50. The van der Waals surface area contributed by atoms with Gasteiger partial charge in [0.2, 0.25) is 0 Å². The number of rotatable bonds is 6. The summed E-state index contributed by atoms with van der Waals surface area (Å²) in [4.78, 5) is 47.5. The molecule has 9 heteroatoms. The third kappa shape index (κ3) is 4.11. The third-order valence-corrected chi connectivity index (χ3v) is 5.54. The molecule has 0 aliphatic carbocycles. The van der Waals surface area contributed by atoms with Crippen LogP contribution in [0, 0.1) is 10.1 Å². The van der Waals surface area contributed by atoms with E-state index in [0.717, 1.165) is 25.9 Å². The van der Waals surface area contributed by atoms with Crippen LogP contribution in [0.5, 0.6) is 0 Å². The standard InChI is InChI=1S/C22H23N5O4/c1-2-25(14-20-23-18-8-4-3-7-16(18)21(28)24-20)22(29)17-13-15(27(30)31)9-10-19(17)26-11-5-6-12-26/h3-4,7-10,13H,2,5-6,11-12,14H2,1H3,(H,23,24,28). The number of amides is 1. The topological polar surface area (TPSA) is 112 Å². The minimum Gasteiger partial charge on any atom is -0.371 e. The van der Waals surface area contributed by atoms with Gasteiger partial charge in [-0.2, -0.15) is 0 Å². The van der Waals surface area contributed by atoms with E-state index in [4.69, 9.17) is 0 Å². The lowest BCUT2D eigenvalue weighted by Crippen LogP contribution is -2.33. The van der Waals surface area contributed by atoms with Crippen LogP contribution >= 0.6 is 0 Å². The highest BCUT2D eigenvalue weighted by Gasteiger charge is 2.26. The first-order valence-electron chi connectivity index (χ1n) is 10.3. The van der Waals surface area contributed by atoms with E-state index in [0.29, 0.717) is 34.5 Å². The molecule has 0 bridgehead atoms. The molecule has 160 valence electrons. The maximum Gasteiger partial charge on any atom is 0.270 e. The largest absolute Gasteiger partial charge is 0.371 e. The van der Waals surface area contributed by atoms with E-state index in [1.165, 1.54) is 17.0 Å². The molecule has 1 amide bonds. The number of nitro groups is 1. The fourth-order valence-electron chi connectivity index (χ4n) is 3.93. The van der Waals surface area contributed by atoms with E-state index in [2.05, 4.69) is 14.9 Å². The molecule has 0 radical (unpaired) electrons. The number of H-pyrrole nitrogens is 1. The van der Waals surface area contributed by atoms with E-state index >= 15 is 0 Å². The lowest BCUT2D eigenvalue weighted by atomic mass is 10.1. The van der Waals surface area contributed by atoms with Crippen LogP contribution in [-0.4, -0.2) is 45.3 Å². The number of carbonyl (C=O) groups excluding carboxylic acids is 1. The van der Waals surface area contributed by atoms with Crippen molar-refractivity contribution in [2.75, 3.05) is 24.5 Å². The predicted octanol–water partition coefficient (Wildman–Crippen LogP) is 3.09. The van der Waals surface area contributed by atoms with Crippen LogP contribution in [0.15, 0.2) is 47.3 Å². The number of anilines is 1. The molecule has 1 aliphatic heterocycles. The molecular weight excluding hydrogens is 398 g/mol. The van der Waals surface area contributed by atoms with Gasteiger partial charge in [0.15, 0.2) is 0 Å². The SMILES string of the molecule is CCN(Cc1nc2ccccc2c(=O)[nH]1)C(=O)c1cc([N+](=O)[O-])ccc1N1CCCC1. The molecule has 0 unspecified atom stereocenters. The van der Waals surface area contributed by atoms with E-state index in [-0.39, 0.29) is 23.7 Å². The van der Waals surface area contributed by atoms with Crippen molar-refractivity contribution in [3.8, 4) is 0 Å². The van der Waals surface area contributed by atoms with Gasteiger partial charge in [-0.05, 0) is 38.0 Å². The summed E-state index contributed by atoms with van der Waals surface area (Å²) in [5.74, 6) is 0.0379. The zero-order valence-electron chi connectivity index (χ0n) is 17.2. The summed E-state index contributed by atoms with van der Waals surface area (Å²) < 4.78 is 0. The molecule has 31 heavy (non-hydrogen) atoms. The zero-order valence-corrected chi connectivity index (χ0v) is 17.2. The number of carbonyl (C=O) groups is 1. The van der Waals surface area contributed by atoms with Crippen molar-refractivity contribution < 1.29 is 9.72 Å². The molecule has 3 aromatic rings. The summed E-state index contributed by atoms with van der Waals surface area (Å²) in [6.07, 6.45) is 2.04. The number of non-ortho nitro benzene ring substituents is 1. The highest BCUT2D eigenvalue weighted by atomic mass is 16.6. The van der Waals surface area contributed by atoms with Gasteiger partial charge in [-0.3, -0.25) is 19.7 Å². The van der Waals surface area contributed by atoms with Crippen LogP contribution in [0.1, 0.15) is 35.9 Å². The molecule has 1 aliphatic rings. The van der Waals surface area contributed by atoms with Crippen molar-refractivity contribution in [3.63, 3.8) is 0 Å². The number of hydrogen-bond donors (Lipinski definition) is 1. The number of aromatic amines is 1. The van der Waals surface area contributed by atoms with Gasteiger partial charge in [-0.15, -0.1) is 0 Å². The Kier molecular flexibility index (Phi) is 5.66. The van der Waals surface area contributed by atoms with Crippen LogP contribution < -0.4 is 10.5 Å². The molecule has 2 aromatic carbocycles. The lowest BCUT2D eigenvalue weighted by Gasteiger charge is -2.25. The Labute approximate surface area is 178 Å². The van der Waals surface area contributed by atoms with Gasteiger partial charge in [0.1, 0.15) is 5.82 Å². The Hall–Kier alpha value is -3.75. The first kappa shape index (κ1) is 20.5. The number of fused-ring (bicyclic) bond motifs is 1. The molecule has 1 aromatic heterocycles. The maximum absolute atomic E-state index is 13.4.